The van der Waals surface area contributed by atoms with E-state index in [4.69, 9.17) is 4.74 Å². The zero-order valence-corrected chi connectivity index (χ0v) is 16.1. The Bertz CT molecular complexity index is 711. The smallest absolute Gasteiger partial charge is 0.126 e. The molecule has 144 valence electrons. The molecule has 2 fully saturated rings. The number of para-hydroxylation sites is 1. The minimum absolute atomic E-state index is 0.110. The fraction of sp³-hybridized carbons (Fsp3) is 0.478. The predicted molar refractivity (Wildman–Crippen MR) is 109 cm³/mol. The summed E-state index contributed by atoms with van der Waals surface area (Å²) in [5.41, 5.74) is 2.60. The summed E-state index contributed by atoms with van der Waals surface area (Å²) in [6.45, 7) is 6.13. The van der Waals surface area contributed by atoms with Gasteiger partial charge in [-0.25, -0.2) is 0 Å². The standard InChI is InChI=1S/C23H30N2O2/c1-18-10-12-19(13-11-18)24-14-16-25(17-15-24)21-8-5-9-22(23(21)26)27-20-6-3-2-4-7-20/h2-4,6-7,10-13,21-23,26H,5,8-9,14-17H2,1H3/t21-,22+,23+/m0/s1. The fourth-order valence-electron chi connectivity index (χ4n) is 4.39. The van der Waals surface area contributed by atoms with E-state index in [0.29, 0.717) is 0 Å². The third-order valence-corrected chi connectivity index (χ3v) is 5.98. The zero-order valence-electron chi connectivity index (χ0n) is 16.1. The second-order valence-corrected chi connectivity index (χ2v) is 7.82. The van der Waals surface area contributed by atoms with E-state index in [0.717, 1.165) is 51.2 Å². The highest BCUT2D eigenvalue weighted by Gasteiger charge is 2.37. The van der Waals surface area contributed by atoms with E-state index in [1.165, 1.54) is 11.3 Å². The molecule has 0 radical (unpaired) electrons. The van der Waals surface area contributed by atoms with Crippen LogP contribution in [0.15, 0.2) is 54.6 Å². The summed E-state index contributed by atoms with van der Waals surface area (Å²) in [6.07, 6.45) is 2.55. The summed E-state index contributed by atoms with van der Waals surface area (Å²) in [7, 11) is 0. The van der Waals surface area contributed by atoms with Crippen molar-refractivity contribution in [1.82, 2.24) is 4.90 Å². The molecule has 1 N–H and O–H groups in total. The van der Waals surface area contributed by atoms with Gasteiger partial charge in [0.15, 0.2) is 0 Å². The summed E-state index contributed by atoms with van der Waals surface area (Å²) in [4.78, 5) is 4.92. The van der Waals surface area contributed by atoms with Crippen LogP contribution >= 0.6 is 0 Å². The number of nitrogens with zero attached hydrogens (tertiary/aromatic N) is 2. The largest absolute Gasteiger partial charge is 0.488 e. The molecule has 1 aliphatic carbocycles. The number of piperazine rings is 1. The van der Waals surface area contributed by atoms with Gasteiger partial charge in [0.1, 0.15) is 18.0 Å². The average molecular weight is 367 g/mol. The normalized spacial score (nSPS) is 26.7. The number of aliphatic hydroxyl groups is 1. The molecule has 0 amide bonds. The molecule has 3 atom stereocenters. The van der Waals surface area contributed by atoms with Crippen LogP contribution in [-0.2, 0) is 0 Å². The average Bonchev–Trinajstić information content (AvgIpc) is 2.71. The third kappa shape index (κ3) is 4.28. The summed E-state index contributed by atoms with van der Waals surface area (Å²) in [6, 6.07) is 18.9. The second-order valence-electron chi connectivity index (χ2n) is 7.82. The second kappa shape index (κ2) is 8.32. The van der Waals surface area contributed by atoms with Crippen molar-refractivity contribution in [3.63, 3.8) is 0 Å². The first-order valence-corrected chi connectivity index (χ1v) is 10.2. The highest BCUT2D eigenvalue weighted by Crippen LogP contribution is 2.28. The fourth-order valence-corrected chi connectivity index (χ4v) is 4.39. The number of rotatable bonds is 4. The monoisotopic (exact) mass is 366 g/mol. The number of anilines is 1. The van der Waals surface area contributed by atoms with Gasteiger partial charge in [-0.3, -0.25) is 4.90 Å². The summed E-state index contributed by atoms with van der Waals surface area (Å²) >= 11 is 0. The SMILES string of the molecule is Cc1ccc(N2CCN([C@H]3CCC[C@@H](Oc4ccccc4)[C@@H]3O)CC2)cc1. The molecule has 4 nitrogen and oxygen atoms in total. The van der Waals surface area contributed by atoms with Gasteiger partial charge in [-0.15, -0.1) is 0 Å². The lowest BCUT2D eigenvalue weighted by Gasteiger charge is -2.45. The summed E-state index contributed by atoms with van der Waals surface area (Å²) in [5, 5.41) is 11.0. The van der Waals surface area contributed by atoms with Gasteiger partial charge in [-0.2, -0.15) is 0 Å². The van der Waals surface area contributed by atoms with Crippen molar-refractivity contribution in [3.8, 4) is 5.75 Å². The molecule has 0 aromatic heterocycles. The van der Waals surface area contributed by atoms with Gasteiger partial charge in [0.2, 0.25) is 0 Å². The molecule has 2 aliphatic rings. The maximum Gasteiger partial charge on any atom is 0.126 e. The van der Waals surface area contributed by atoms with Crippen LogP contribution in [0, 0.1) is 6.92 Å². The Morgan fingerprint density at radius 1 is 0.889 bits per heavy atom. The minimum atomic E-state index is -0.426. The highest BCUT2D eigenvalue weighted by atomic mass is 16.5. The van der Waals surface area contributed by atoms with Crippen LogP contribution in [0.5, 0.6) is 5.75 Å². The van der Waals surface area contributed by atoms with Crippen LogP contribution in [0.1, 0.15) is 24.8 Å². The predicted octanol–water partition coefficient (Wildman–Crippen LogP) is 3.48. The van der Waals surface area contributed by atoms with Crippen molar-refractivity contribution in [3.05, 3.63) is 60.2 Å². The van der Waals surface area contributed by atoms with Crippen molar-refractivity contribution in [2.45, 2.75) is 44.4 Å². The molecule has 1 saturated carbocycles. The van der Waals surface area contributed by atoms with Crippen LogP contribution in [0.4, 0.5) is 5.69 Å². The Kier molecular flexibility index (Phi) is 5.65. The molecule has 4 rings (SSSR count). The van der Waals surface area contributed by atoms with Gasteiger partial charge in [0.25, 0.3) is 0 Å². The van der Waals surface area contributed by atoms with Crippen LogP contribution in [0.2, 0.25) is 0 Å². The lowest BCUT2D eigenvalue weighted by atomic mass is 9.88. The summed E-state index contributed by atoms with van der Waals surface area (Å²) < 4.78 is 6.10. The number of aliphatic hydroxyl groups excluding tert-OH is 1. The number of benzene rings is 2. The molecular formula is C23H30N2O2. The first-order valence-electron chi connectivity index (χ1n) is 10.2. The van der Waals surface area contributed by atoms with Crippen molar-refractivity contribution in [1.29, 1.82) is 0 Å². The molecule has 0 bridgehead atoms. The molecule has 1 aliphatic heterocycles. The molecular weight excluding hydrogens is 336 g/mol. The Morgan fingerprint density at radius 2 is 1.59 bits per heavy atom. The van der Waals surface area contributed by atoms with E-state index in [-0.39, 0.29) is 12.1 Å². The van der Waals surface area contributed by atoms with Gasteiger partial charge in [-0.1, -0.05) is 35.9 Å². The molecule has 1 heterocycles. The number of aryl methyl sites for hydroxylation is 1. The highest BCUT2D eigenvalue weighted by molar-refractivity contribution is 5.47. The number of hydrogen-bond donors (Lipinski definition) is 1. The van der Waals surface area contributed by atoms with Crippen molar-refractivity contribution in [2.24, 2.45) is 0 Å². The first-order chi connectivity index (χ1) is 13.2. The Morgan fingerprint density at radius 3 is 2.30 bits per heavy atom. The van der Waals surface area contributed by atoms with Crippen LogP contribution < -0.4 is 9.64 Å². The number of ether oxygens (including phenoxy) is 1. The molecule has 4 heteroatoms. The molecule has 0 spiro atoms. The maximum atomic E-state index is 11.0. The molecule has 2 aromatic rings. The van der Waals surface area contributed by atoms with Crippen molar-refractivity contribution in [2.75, 3.05) is 31.1 Å². The number of hydrogen-bond acceptors (Lipinski definition) is 4. The van der Waals surface area contributed by atoms with E-state index in [2.05, 4.69) is 41.0 Å². The van der Waals surface area contributed by atoms with E-state index in [9.17, 15) is 5.11 Å². The van der Waals surface area contributed by atoms with E-state index < -0.39 is 6.10 Å². The Labute approximate surface area is 162 Å². The third-order valence-electron chi connectivity index (χ3n) is 5.98. The van der Waals surface area contributed by atoms with Gasteiger partial charge in [0, 0.05) is 37.9 Å². The Hall–Kier alpha value is -2.04. The quantitative estimate of drug-likeness (QED) is 0.899. The topological polar surface area (TPSA) is 35.9 Å². The lowest BCUT2D eigenvalue weighted by molar-refractivity contribution is -0.0546. The van der Waals surface area contributed by atoms with E-state index in [1.807, 2.05) is 30.3 Å². The zero-order chi connectivity index (χ0) is 18.6. The van der Waals surface area contributed by atoms with Crippen molar-refractivity contribution >= 4 is 5.69 Å². The Balaban J connectivity index is 1.35. The van der Waals surface area contributed by atoms with Gasteiger partial charge >= 0.3 is 0 Å². The minimum Gasteiger partial charge on any atom is -0.488 e. The molecule has 1 saturated heterocycles. The first kappa shape index (κ1) is 18.3. The summed E-state index contributed by atoms with van der Waals surface area (Å²) in [5.74, 6) is 0.853. The van der Waals surface area contributed by atoms with Gasteiger partial charge in [0.05, 0.1) is 0 Å². The van der Waals surface area contributed by atoms with Gasteiger partial charge in [-0.05, 0) is 50.5 Å². The van der Waals surface area contributed by atoms with Crippen LogP contribution in [0.25, 0.3) is 0 Å². The van der Waals surface area contributed by atoms with Crippen LogP contribution in [-0.4, -0.2) is 54.4 Å². The maximum absolute atomic E-state index is 11.0. The molecule has 2 aromatic carbocycles. The molecule has 0 unspecified atom stereocenters. The van der Waals surface area contributed by atoms with E-state index in [1.54, 1.807) is 0 Å². The van der Waals surface area contributed by atoms with Crippen molar-refractivity contribution < 1.29 is 9.84 Å². The van der Waals surface area contributed by atoms with Gasteiger partial charge < -0.3 is 14.7 Å². The van der Waals surface area contributed by atoms with Crippen LogP contribution in [0.3, 0.4) is 0 Å². The van der Waals surface area contributed by atoms with E-state index >= 15 is 0 Å². The lowest BCUT2D eigenvalue weighted by Crippen LogP contribution is -2.58. The molecule has 27 heavy (non-hydrogen) atoms.